The first-order valence-corrected chi connectivity index (χ1v) is 11.0. The number of piperazine rings is 2. The molecule has 2 saturated heterocycles. The Bertz CT molecular complexity index is 654. The summed E-state index contributed by atoms with van der Waals surface area (Å²) in [7, 11) is 0. The van der Waals surface area contributed by atoms with Crippen molar-refractivity contribution in [2.24, 2.45) is 0 Å². The number of carbonyl (C=O) groups excluding carboxylic acids is 1. The molecule has 0 spiro atoms. The standard InChI is InChI=1S/C19H28Cl2N4O.C2H6/c1-19(2,3)25-7-6-22-17(13-25)18(26)24-10-8-23(9-11-24)14-4-5-15(20)16(21)12-14;1-2/h4-5,12,17,22H,6-11,13H2,1-3H3;1-2H3. The van der Waals surface area contributed by atoms with E-state index < -0.39 is 0 Å². The number of anilines is 1. The zero-order valence-corrected chi connectivity index (χ0v) is 19.3. The average molecular weight is 429 g/mol. The lowest BCUT2D eigenvalue weighted by Gasteiger charge is -2.43. The lowest BCUT2D eigenvalue weighted by molar-refractivity contribution is -0.135. The predicted octanol–water partition coefficient (Wildman–Crippen LogP) is 3.74. The van der Waals surface area contributed by atoms with Gasteiger partial charge >= 0.3 is 0 Å². The van der Waals surface area contributed by atoms with Crippen LogP contribution in [-0.2, 0) is 4.79 Å². The summed E-state index contributed by atoms with van der Waals surface area (Å²) < 4.78 is 0. The Kier molecular flexibility index (Phi) is 8.44. The Balaban J connectivity index is 0.00000136. The number of amides is 1. The molecule has 0 bridgehead atoms. The molecule has 5 nitrogen and oxygen atoms in total. The fourth-order valence-corrected chi connectivity index (χ4v) is 3.90. The molecule has 1 atom stereocenters. The summed E-state index contributed by atoms with van der Waals surface area (Å²) in [5.74, 6) is 0.215. The van der Waals surface area contributed by atoms with E-state index in [4.69, 9.17) is 23.2 Å². The second kappa shape index (κ2) is 10.1. The second-order valence-corrected chi connectivity index (χ2v) is 8.85. The van der Waals surface area contributed by atoms with Crippen LogP contribution in [0.2, 0.25) is 10.0 Å². The van der Waals surface area contributed by atoms with Crippen LogP contribution in [0.1, 0.15) is 34.6 Å². The van der Waals surface area contributed by atoms with Crippen LogP contribution in [0.25, 0.3) is 0 Å². The third-order valence-corrected chi connectivity index (χ3v) is 6.02. The minimum Gasteiger partial charge on any atom is -0.368 e. The van der Waals surface area contributed by atoms with Crippen molar-refractivity contribution >= 4 is 34.8 Å². The van der Waals surface area contributed by atoms with E-state index in [1.54, 1.807) is 0 Å². The van der Waals surface area contributed by atoms with Gasteiger partial charge in [0.15, 0.2) is 0 Å². The highest BCUT2D eigenvalue weighted by Crippen LogP contribution is 2.28. The van der Waals surface area contributed by atoms with Gasteiger partial charge in [0.25, 0.3) is 0 Å². The van der Waals surface area contributed by atoms with E-state index in [-0.39, 0.29) is 17.5 Å². The molecule has 28 heavy (non-hydrogen) atoms. The molecule has 1 aromatic carbocycles. The number of nitrogens with one attached hydrogen (secondary N) is 1. The van der Waals surface area contributed by atoms with E-state index in [0.717, 1.165) is 51.5 Å². The fraction of sp³-hybridized carbons (Fsp3) is 0.667. The smallest absolute Gasteiger partial charge is 0.241 e. The Morgan fingerprint density at radius 3 is 2.25 bits per heavy atom. The van der Waals surface area contributed by atoms with Gasteiger partial charge in [-0.05, 0) is 39.0 Å². The first-order chi connectivity index (χ1) is 13.3. The van der Waals surface area contributed by atoms with Crippen molar-refractivity contribution in [3.63, 3.8) is 0 Å². The lowest BCUT2D eigenvalue weighted by atomic mass is 10.0. The highest BCUT2D eigenvalue weighted by Gasteiger charge is 2.34. The molecule has 7 heteroatoms. The van der Waals surface area contributed by atoms with E-state index in [2.05, 4.69) is 35.9 Å². The predicted molar refractivity (Wildman–Crippen MR) is 120 cm³/mol. The molecule has 0 saturated carbocycles. The summed E-state index contributed by atoms with van der Waals surface area (Å²) in [6, 6.07) is 5.59. The largest absolute Gasteiger partial charge is 0.368 e. The molecule has 2 fully saturated rings. The van der Waals surface area contributed by atoms with Crippen molar-refractivity contribution in [1.82, 2.24) is 15.1 Å². The third-order valence-electron chi connectivity index (χ3n) is 5.28. The number of hydrogen-bond donors (Lipinski definition) is 1. The fourth-order valence-electron chi connectivity index (χ4n) is 3.61. The number of nitrogens with zero attached hydrogens (tertiary/aromatic N) is 3. The van der Waals surface area contributed by atoms with Gasteiger partial charge < -0.3 is 15.1 Å². The van der Waals surface area contributed by atoms with Crippen molar-refractivity contribution in [3.05, 3.63) is 28.2 Å². The van der Waals surface area contributed by atoms with E-state index >= 15 is 0 Å². The summed E-state index contributed by atoms with van der Waals surface area (Å²) in [6.07, 6.45) is 0. The van der Waals surface area contributed by atoms with Crippen molar-refractivity contribution in [2.75, 3.05) is 50.7 Å². The minimum absolute atomic E-state index is 0.0905. The van der Waals surface area contributed by atoms with Crippen molar-refractivity contribution in [2.45, 2.75) is 46.2 Å². The molecule has 1 N–H and O–H groups in total. The number of hydrogen-bond acceptors (Lipinski definition) is 4. The van der Waals surface area contributed by atoms with Crippen LogP contribution in [0.15, 0.2) is 18.2 Å². The van der Waals surface area contributed by atoms with Crippen LogP contribution in [0, 0.1) is 0 Å². The van der Waals surface area contributed by atoms with Crippen molar-refractivity contribution in [3.8, 4) is 0 Å². The van der Waals surface area contributed by atoms with E-state index in [0.29, 0.717) is 10.0 Å². The highest BCUT2D eigenvalue weighted by molar-refractivity contribution is 6.42. The Hall–Kier alpha value is -1.01. The van der Waals surface area contributed by atoms with Crippen LogP contribution in [0.4, 0.5) is 5.69 Å². The molecule has 1 unspecified atom stereocenters. The SMILES string of the molecule is CC.CC(C)(C)N1CCNC(C(=O)N2CCN(c3ccc(Cl)c(Cl)c3)CC2)C1. The number of halogens is 2. The Morgan fingerprint density at radius 1 is 1.04 bits per heavy atom. The molecule has 2 aliphatic heterocycles. The zero-order valence-electron chi connectivity index (χ0n) is 17.8. The van der Waals surface area contributed by atoms with Gasteiger partial charge in [0, 0.05) is 57.0 Å². The molecule has 2 heterocycles. The monoisotopic (exact) mass is 428 g/mol. The van der Waals surface area contributed by atoms with Crippen LogP contribution in [0.5, 0.6) is 0 Å². The molecule has 2 aliphatic rings. The highest BCUT2D eigenvalue weighted by atomic mass is 35.5. The lowest BCUT2D eigenvalue weighted by Crippen LogP contribution is -2.63. The van der Waals surface area contributed by atoms with E-state index in [9.17, 15) is 4.79 Å². The van der Waals surface area contributed by atoms with Crippen molar-refractivity contribution in [1.29, 1.82) is 0 Å². The first kappa shape index (κ1) is 23.3. The summed E-state index contributed by atoms with van der Waals surface area (Å²) in [6.45, 7) is 16.3. The summed E-state index contributed by atoms with van der Waals surface area (Å²) in [4.78, 5) is 19.6. The van der Waals surface area contributed by atoms with Gasteiger partial charge in [-0.25, -0.2) is 0 Å². The maximum absolute atomic E-state index is 12.9. The molecular weight excluding hydrogens is 395 g/mol. The van der Waals surface area contributed by atoms with Gasteiger partial charge in [-0.3, -0.25) is 9.69 Å². The van der Waals surface area contributed by atoms with E-state index in [1.807, 2.05) is 36.9 Å². The van der Waals surface area contributed by atoms with Gasteiger partial charge in [0.1, 0.15) is 0 Å². The maximum atomic E-state index is 12.9. The van der Waals surface area contributed by atoms with Gasteiger partial charge in [-0.1, -0.05) is 37.0 Å². The van der Waals surface area contributed by atoms with Crippen LogP contribution in [0.3, 0.4) is 0 Å². The van der Waals surface area contributed by atoms with Gasteiger partial charge in [0.05, 0.1) is 16.1 Å². The van der Waals surface area contributed by atoms with Gasteiger partial charge in [0.2, 0.25) is 5.91 Å². The molecule has 0 aromatic heterocycles. The molecule has 1 aromatic rings. The summed E-state index contributed by atoms with van der Waals surface area (Å²) >= 11 is 12.1. The summed E-state index contributed by atoms with van der Waals surface area (Å²) in [5, 5.41) is 4.53. The zero-order chi connectivity index (χ0) is 20.9. The van der Waals surface area contributed by atoms with Gasteiger partial charge in [-0.15, -0.1) is 0 Å². The van der Waals surface area contributed by atoms with Crippen LogP contribution < -0.4 is 10.2 Å². The molecule has 0 radical (unpaired) electrons. The summed E-state index contributed by atoms with van der Waals surface area (Å²) in [5.41, 5.74) is 1.15. The van der Waals surface area contributed by atoms with Crippen molar-refractivity contribution < 1.29 is 4.79 Å². The maximum Gasteiger partial charge on any atom is 0.241 e. The Labute approximate surface area is 179 Å². The normalized spacial score (nSPS) is 21.2. The Morgan fingerprint density at radius 2 is 1.68 bits per heavy atom. The average Bonchev–Trinajstić information content (AvgIpc) is 2.70. The number of benzene rings is 1. The quantitative estimate of drug-likeness (QED) is 0.778. The number of rotatable bonds is 2. The van der Waals surface area contributed by atoms with Crippen LogP contribution in [-0.4, -0.2) is 73.1 Å². The van der Waals surface area contributed by atoms with Gasteiger partial charge in [-0.2, -0.15) is 0 Å². The minimum atomic E-state index is -0.112. The molecule has 0 aliphatic carbocycles. The first-order valence-electron chi connectivity index (χ1n) is 10.2. The topological polar surface area (TPSA) is 38.8 Å². The molecule has 158 valence electrons. The molecule has 3 rings (SSSR count). The van der Waals surface area contributed by atoms with Crippen LogP contribution >= 0.6 is 23.2 Å². The number of carbonyl (C=O) groups is 1. The second-order valence-electron chi connectivity index (χ2n) is 8.03. The van der Waals surface area contributed by atoms with E-state index in [1.165, 1.54) is 0 Å². The molecular formula is C21H34Cl2N4O. The third kappa shape index (κ3) is 5.76. The molecule has 1 amide bonds.